The maximum absolute atomic E-state index is 12.8. The van der Waals surface area contributed by atoms with E-state index in [2.05, 4.69) is 38.8 Å². The smallest absolute Gasteiger partial charge is 0.267 e. The molecule has 2 fully saturated rings. The Morgan fingerprint density at radius 2 is 2.12 bits per heavy atom. The van der Waals surface area contributed by atoms with Crippen molar-refractivity contribution in [1.82, 2.24) is 19.7 Å². The van der Waals surface area contributed by atoms with Crippen molar-refractivity contribution in [2.75, 3.05) is 24.6 Å². The van der Waals surface area contributed by atoms with Crippen LogP contribution in [0.3, 0.4) is 0 Å². The Morgan fingerprint density at radius 3 is 2.76 bits per heavy atom. The van der Waals surface area contributed by atoms with Crippen LogP contribution in [0.4, 0.5) is 5.95 Å². The third-order valence-electron chi connectivity index (χ3n) is 5.52. The monoisotopic (exact) mass is 341 g/mol. The molecule has 0 unspecified atom stereocenters. The van der Waals surface area contributed by atoms with Crippen LogP contribution in [0.25, 0.3) is 11.0 Å². The van der Waals surface area contributed by atoms with Crippen molar-refractivity contribution < 1.29 is 4.74 Å². The van der Waals surface area contributed by atoms with Crippen LogP contribution >= 0.6 is 0 Å². The van der Waals surface area contributed by atoms with E-state index in [9.17, 15) is 4.79 Å². The SMILES string of the molecule is CC#Cc1[nH]nc2nc(N3CCC4(CC3)CO[C@@H](C)C4)n(C)c(=O)c12. The first-order valence-electron chi connectivity index (χ1n) is 8.77. The van der Waals surface area contributed by atoms with E-state index in [1.807, 2.05) is 0 Å². The molecule has 1 spiro atoms. The summed E-state index contributed by atoms with van der Waals surface area (Å²) >= 11 is 0. The quantitative estimate of drug-likeness (QED) is 0.794. The molecule has 4 heterocycles. The molecule has 4 rings (SSSR count). The van der Waals surface area contributed by atoms with Crippen molar-refractivity contribution in [3.63, 3.8) is 0 Å². The highest BCUT2D eigenvalue weighted by Gasteiger charge is 2.41. The molecule has 0 radical (unpaired) electrons. The number of hydrogen-bond acceptors (Lipinski definition) is 5. The van der Waals surface area contributed by atoms with Crippen LogP contribution in [0.2, 0.25) is 0 Å². The minimum absolute atomic E-state index is 0.107. The fourth-order valence-corrected chi connectivity index (χ4v) is 4.12. The maximum atomic E-state index is 12.8. The number of rotatable bonds is 1. The molecule has 2 aromatic rings. The molecule has 2 aliphatic heterocycles. The maximum Gasteiger partial charge on any atom is 0.267 e. The molecule has 7 nitrogen and oxygen atoms in total. The highest BCUT2D eigenvalue weighted by Crippen LogP contribution is 2.42. The molecular formula is C18H23N5O2. The Labute approximate surface area is 146 Å². The van der Waals surface area contributed by atoms with Gasteiger partial charge < -0.3 is 9.64 Å². The molecule has 0 saturated carbocycles. The Morgan fingerprint density at radius 1 is 1.36 bits per heavy atom. The summed E-state index contributed by atoms with van der Waals surface area (Å²) in [6.07, 6.45) is 3.62. The predicted octanol–water partition coefficient (Wildman–Crippen LogP) is 1.42. The van der Waals surface area contributed by atoms with Gasteiger partial charge in [0.25, 0.3) is 5.56 Å². The summed E-state index contributed by atoms with van der Waals surface area (Å²) in [6.45, 7) is 6.50. The highest BCUT2D eigenvalue weighted by atomic mass is 16.5. The molecule has 2 saturated heterocycles. The fourth-order valence-electron chi connectivity index (χ4n) is 4.12. The van der Waals surface area contributed by atoms with Crippen LogP contribution in [-0.4, -0.2) is 45.5 Å². The lowest BCUT2D eigenvalue weighted by molar-refractivity contribution is 0.0974. The molecular weight excluding hydrogens is 318 g/mol. The summed E-state index contributed by atoms with van der Waals surface area (Å²) in [5.74, 6) is 6.37. The number of fused-ring (bicyclic) bond motifs is 1. The minimum Gasteiger partial charge on any atom is -0.378 e. The molecule has 0 aliphatic carbocycles. The largest absolute Gasteiger partial charge is 0.378 e. The average Bonchev–Trinajstić information content (AvgIpc) is 3.16. The van der Waals surface area contributed by atoms with Crippen molar-refractivity contribution in [3.8, 4) is 11.8 Å². The minimum atomic E-state index is -0.107. The second-order valence-corrected chi connectivity index (χ2v) is 7.26. The zero-order chi connectivity index (χ0) is 17.6. The van der Waals surface area contributed by atoms with E-state index in [0.29, 0.717) is 34.2 Å². The average molecular weight is 341 g/mol. The molecule has 0 bridgehead atoms. The first kappa shape index (κ1) is 16.2. The van der Waals surface area contributed by atoms with Crippen LogP contribution in [-0.2, 0) is 11.8 Å². The number of anilines is 1. The molecule has 1 N–H and O–H groups in total. The number of nitrogens with one attached hydrogen (secondary N) is 1. The second kappa shape index (κ2) is 5.88. The van der Waals surface area contributed by atoms with Crippen LogP contribution in [0.5, 0.6) is 0 Å². The lowest BCUT2D eigenvalue weighted by atomic mass is 9.77. The van der Waals surface area contributed by atoms with E-state index in [1.165, 1.54) is 0 Å². The van der Waals surface area contributed by atoms with Gasteiger partial charge in [0.1, 0.15) is 11.1 Å². The number of hydrogen-bond donors (Lipinski definition) is 1. The van der Waals surface area contributed by atoms with Crippen LogP contribution in [0, 0.1) is 17.3 Å². The van der Waals surface area contributed by atoms with Gasteiger partial charge in [0, 0.05) is 20.1 Å². The van der Waals surface area contributed by atoms with Crippen molar-refractivity contribution in [2.45, 2.75) is 39.2 Å². The normalized spacial score (nSPS) is 22.4. The number of H-pyrrole nitrogens is 1. The number of ether oxygens (including phenoxy) is 1. The fraction of sp³-hybridized carbons (Fsp3) is 0.611. The standard InChI is InChI=1S/C18H23N5O2/c1-4-5-13-14-15(21-20-13)19-17(22(3)16(14)24)23-8-6-18(7-9-23)10-12(2)25-11-18/h12H,6-11H2,1-3H3,(H,20,21)/t12-/m0/s1. The van der Waals surface area contributed by atoms with Crippen molar-refractivity contribution in [1.29, 1.82) is 0 Å². The zero-order valence-corrected chi connectivity index (χ0v) is 14.9. The zero-order valence-electron chi connectivity index (χ0n) is 14.9. The van der Waals surface area contributed by atoms with Gasteiger partial charge in [0.2, 0.25) is 5.95 Å². The topological polar surface area (TPSA) is 76.0 Å². The van der Waals surface area contributed by atoms with Gasteiger partial charge in [-0.25, -0.2) is 0 Å². The van der Waals surface area contributed by atoms with Gasteiger partial charge in [0.05, 0.1) is 12.7 Å². The Balaban J connectivity index is 1.65. The third kappa shape index (κ3) is 2.61. The van der Waals surface area contributed by atoms with E-state index in [1.54, 1.807) is 18.5 Å². The predicted molar refractivity (Wildman–Crippen MR) is 95.6 cm³/mol. The molecule has 0 amide bonds. The first-order valence-corrected chi connectivity index (χ1v) is 8.77. The van der Waals surface area contributed by atoms with Gasteiger partial charge in [-0.1, -0.05) is 5.92 Å². The van der Waals surface area contributed by atoms with E-state index in [4.69, 9.17) is 4.74 Å². The Kier molecular flexibility index (Phi) is 3.80. The Bertz CT molecular complexity index is 925. The lowest BCUT2D eigenvalue weighted by Gasteiger charge is -2.39. The summed E-state index contributed by atoms with van der Waals surface area (Å²) in [5.41, 5.74) is 1.17. The molecule has 7 heteroatoms. The number of piperidine rings is 1. The third-order valence-corrected chi connectivity index (χ3v) is 5.52. The van der Waals surface area contributed by atoms with Crippen LogP contribution in [0.15, 0.2) is 4.79 Å². The van der Waals surface area contributed by atoms with E-state index in [0.717, 1.165) is 39.0 Å². The summed E-state index contributed by atoms with van der Waals surface area (Å²) in [5, 5.41) is 7.46. The van der Waals surface area contributed by atoms with Gasteiger partial charge in [-0.2, -0.15) is 10.1 Å². The Hall–Kier alpha value is -2.33. The summed E-state index contributed by atoms with van der Waals surface area (Å²) in [7, 11) is 1.77. The first-order chi connectivity index (χ1) is 12.0. The molecule has 132 valence electrons. The van der Waals surface area contributed by atoms with E-state index in [-0.39, 0.29) is 5.56 Å². The van der Waals surface area contributed by atoms with Crippen molar-refractivity contribution >= 4 is 17.0 Å². The van der Waals surface area contributed by atoms with Crippen LogP contribution in [0.1, 0.15) is 38.8 Å². The van der Waals surface area contributed by atoms with Gasteiger partial charge in [-0.3, -0.25) is 14.5 Å². The summed E-state index contributed by atoms with van der Waals surface area (Å²) in [4.78, 5) is 19.6. The summed E-state index contributed by atoms with van der Waals surface area (Å²) < 4.78 is 7.41. The molecule has 0 aromatic carbocycles. The van der Waals surface area contributed by atoms with Gasteiger partial charge in [-0.05, 0) is 44.4 Å². The molecule has 2 aliphatic rings. The highest BCUT2D eigenvalue weighted by molar-refractivity contribution is 5.80. The van der Waals surface area contributed by atoms with Crippen molar-refractivity contribution in [2.24, 2.45) is 12.5 Å². The molecule has 1 atom stereocenters. The van der Waals surface area contributed by atoms with E-state index < -0.39 is 0 Å². The van der Waals surface area contributed by atoms with Gasteiger partial charge >= 0.3 is 0 Å². The lowest BCUT2D eigenvalue weighted by Crippen LogP contribution is -2.43. The molecule has 25 heavy (non-hydrogen) atoms. The van der Waals surface area contributed by atoms with Gasteiger partial charge in [-0.15, -0.1) is 0 Å². The second-order valence-electron chi connectivity index (χ2n) is 7.26. The van der Waals surface area contributed by atoms with Gasteiger partial charge in [0.15, 0.2) is 5.65 Å². The van der Waals surface area contributed by atoms with Crippen LogP contribution < -0.4 is 10.5 Å². The van der Waals surface area contributed by atoms with Crippen molar-refractivity contribution in [3.05, 3.63) is 16.0 Å². The summed E-state index contributed by atoms with van der Waals surface area (Å²) in [6, 6.07) is 0. The number of aromatic amines is 1. The number of aromatic nitrogens is 4. The van der Waals surface area contributed by atoms with E-state index >= 15 is 0 Å². The molecule has 2 aromatic heterocycles. The number of nitrogens with zero attached hydrogens (tertiary/aromatic N) is 4.